The Balaban J connectivity index is 1.57. The number of aryl methyl sites for hydroxylation is 1. The molecule has 3 rings (SSSR count). The minimum atomic E-state index is -3.56. The van der Waals surface area contributed by atoms with Gasteiger partial charge < -0.3 is 9.80 Å². The molecule has 128 valence electrons. The lowest BCUT2D eigenvalue weighted by molar-refractivity contribution is 0.0940. The van der Waals surface area contributed by atoms with Gasteiger partial charge in [-0.2, -0.15) is 4.31 Å². The molecule has 0 bridgehead atoms. The monoisotopic (exact) mass is 341 g/mol. The second-order valence-electron chi connectivity index (χ2n) is 6.76. The van der Waals surface area contributed by atoms with Crippen LogP contribution in [-0.4, -0.2) is 75.4 Å². The fourth-order valence-electron chi connectivity index (χ4n) is 3.23. The first-order valence-corrected chi connectivity index (χ1v) is 9.47. The molecule has 5 nitrogen and oxygen atoms in total. The molecule has 2 aliphatic rings. The maximum Gasteiger partial charge on any atom is 0.243 e. The van der Waals surface area contributed by atoms with Crippen molar-refractivity contribution in [3.63, 3.8) is 0 Å². The van der Waals surface area contributed by atoms with Crippen LogP contribution in [0, 0.1) is 18.7 Å². The molecular weight excluding hydrogens is 317 g/mol. The lowest BCUT2D eigenvalue weighted by Crippen LogP contribution is -2.55. The van der Waals surface area contributed by atoms with Crippen molar-refractivity contribution in [2.24, 2.45) is 5.92 Å². The summed E-state index contributed by atoms with van der Waals surface area (Å²) in [6.07, 6.45) is 0. The normalized spacial score (nSPS) is 22.2. The maximum atomic E-state index is 13.5. The van der Waals surface area contributed by atoms with Gasteiger partial charge in [0.15, 0.2) is 0 Å². The Labute approximate surface area is 137 Å². The van der Waals surface area contributed by atoms with Gasteiger partial charge in [0.05, 0.1) is 4.90 Å². The van der Waals surface area contributed by atoms with E-state index in [9.17, 15) is 12.8 Å². The van der Waals surface area contributed by atoms with Crippen LogP contribution in [0.2, 0.25) is 0 Å². The fourth-order valence-corrected chi connectivity index (χ4v) is 4.94. The zero-order valence-electron chi connectivity index (χ0n) is 13.7. The molecule has 2 heterocycles. The highest BCUT2D eigenvalue weighted by Crippen LogP contribution is 2.27. The second kappa shape index (κ2) is 6.47. The predicted octanol–water partition coefficient (Wildman–Crippen LogP) is 1.00. The topological polar surface area (TPSA) is 43.9 Å². The van der Waals surface area contributed by atoms with E-state index in [-0.39, 0.29) is 4.90 Å². The molecule has 0 aliphatic carbocycles. The van der Waals surface area contributed by atoms with Crippen molar-refractivity contribution in [2.75, 3.05) is 52.9 Å². The van der Waals surface area contributed by atoms with Crippen molar-refractivity contribution in [1.29, 1.82) is 0 Å². The Bertz CT molecular complexity index is 646. The van der Waals surface area contributed by atoms with Gasteiger partial charge in [0, 0.05) is 45.8 Å². The van der Waals surface area contributed by atoms with Gasteiger partial charge >= 0.3 is 0 Å². The molecule has 0 radical (unpaired) electrons. The van der Waals surface area contributed by atoms with Crippen molar-refractivity contribution in [1.82, 2.24) is 14.1 Å². The molecule has 0 saturated carbocycles. The van der Waals surface area contributed by atoms with Gasteiger partial charge in [0.2, 0.25) is 10.0 Å². The van der Waals surface area contributed by atoms with E-state index >= 15 is 0 Å². The Kier molecular flexibility index (Phi) is 4.73. The molecule has 2 fully saturated rings. The molecule has 23 heavy (non-hydrogen) atoms. The van der Waals surface area contributed by atoms with Crippen LogP contribution in [0.15, 0.2) is 23.1 Å². The summed E-state index contributed by atoms with van der Waals surface area (Å²) in [5.74, 6) is -0.124. The Morgan fingerprint density at radius 3 is 2.39 bits per heavy atom. The van der Waals surface area contributed by atoms with Gasteiger partial charge in [0.1, 0.15) is 5.82 Å². The molecule has 0 amide bonds. The van der Waals surface area contributed by atoms with Crippen molar-refractivity contribution >= 4 is 10.0 Å². The first-order chi connectivity index (χ1) is 10.8. The third kappa shape index (κ3) is 3.74. The zero-order chi connectivity index (χ0) is 16.6. The highest BCUT2D eigenvalue weighted by atomic mass is 32.2. The highest BCUT2D eigenvalue weighted by molar-refractivity contribution is 7.89. The number of sulfonamides is 1. The number of piperazine rings is 1. The van der Waals surface area contributed by atoms with Gasteiger partial charge in [-0.15, -0.1) is 0 Å². The SMILES string of the molecule is Cc1cc(F)cc(S(=O)(=O)N2CC(CN3CCN(C)CC3)C2)c1. The smallest absolute Gasteiger partial charge is 0.243 e. The molecule has 1 aromatic carbocycles. The van der Waals surface area contributed by atoms with Gasteiger partial charge in [-0.25, -0.2) is 12.8 Å². The average Bonchev–Trinajstić information content (AvgIpc) is 2.43. The first-order valence-electron chi connectivity index (χ1n) is 8.03. The Morgan fingerprint density at radius 1 is 1.13 bits per heavy atom. The Morgan fingerprint density at radius 2 is 1.78 bits per heavy atom. The van der Waals surface area contributed by atoms with E-state index in [1.54, 1.807) is 6.92 Å². The predicted molar refractivity (Wildman–Crippen MR) is 87.3 cm³/mol. The van der Waals surface area contributed by atoms with E-state index in [1.165, 1.54) is 16.4 Å². The zero-order valence-corrected chi connectivity index (χ0v) is 14.5. The molecule has 7 heteroatoms. The number of benzene rings is 1. The van der Waals surface area contributed by atoms with Crippen LogP contribution in [0.4, 0.5) is 4.39 Å². The number of hydrogen-bond acceptors (Lipinski definition) is 4. The van der Waals surface area contributed by atoms with Crippen LogP contribution in [0.5, 0.6) is 0 Å². The van der Waals surface area contributed by atoms with Crippen molar-refractivity contribution in [3.8, 4) is 0 Å². The van der Waals surface area contributed by atoms with Crippen LogP contribution in [0.3, 0.4) is 0 Å². The molecule has 1 aromatic rings. The van der Waals surface area contributed by atoms with Crippen molar-refractivity contribution in [3.05, 3.63) is 29.6 Å². The summed E-state index contributed by atoms with van der Waals surface area (Å²) in [6.45, 7) is 7.94. The minimum absolute atomic E-state index is 0.0630. The van der Waals surface area contributed by atoms with Crippen LogP contribution in [0.1, 0.15) is 5.56 Å². The molecule has 0 unspecified atom stereocenters. The average molecular weight is 341 g/mol. The fraction of sp³-hybridized carbons (Fsp3) is 0.625. The third-order valence-corrected chi connectivity index (χ3v) is 6.50. The summed E-state index contributed by atoms with van der Waals surface area (Å²) in [5, 5.41) is 0. The number of hydrogen-bond donors (Lipinski definition) is 0. The largest absolute Gasteiger partial charge is 0.304 e. The van der Waals surface area contributed by atoms with Crippen LogP contribution < -0.4 is 0 Å². The summed E-state index contributed by atoms with van der Waals surface area (Å²) >= 11 is 0. The molecular formula is C16H24FN3O2S. The molecule has 2 saturated heterocycles. The van der Waals surface area contributed by atoms with E-state index < -0.39 is 15.8 Å². The minimum Gasteiger partial charge on any atom is -0.304 e. The second-order valence-corrected chi connectivity index (χ2v) is 8.69. The molecule has 0 N–H and O–H groups in total. The molecule has 2 aliphatic heterocycles. The van der Waals surface area contributed by atoms with Crippen LogP contribution in [0.25, 0.3) is 0 Å². The van der Waals surface area contributed by atoms with E-state index in [4.69, 9.17) is 0 Å². The molecule has 0 aromatic heterocycles. The van der Waals surface area contributed by atoms with Crippen LogP contribution >= 0.6 is 0 Å². The summed E-state index contributed by atoms with van der Waals surface area (Å²) in [6, 6.07) is 3.98. The number of likely N-dealkylation sites (N-methyl/N-ethyl adjacent to an activating group) is 1. The van der Waals surface area contributed by atoms with E-state index in [0.717, 1.165) is 38.8 Å². The summed E-state index contributed by atoms with van der Waals surface area (Å²) in [7, 11) is -1.44. The van der Waals surface area contributed by atoms with Gasteiger partial charge in [-0.3, -0.25) is 0 Å². The quantitative estimate of drug-likeness (QED) is 0.820. The Hall–Kier alpha value is -1.02. The molecule has 0 spiro atoms. The van der Waals surface area contributed by atoms with Gasteiger partial charge in [-0.05, 0) is 43.7 Å². The number of halogens is 1. The lowest BCUT2D eigenvalue weighted by Gasteiger charge is -2.42. The van der Waals surface area contributed by atoms with Crippen LogP contribution in [-0.2, 0) is 10.0 Å². The van der Waals surface area contributed by atoms with Gasteiger partial charge in [0.25, 0.3) is 0 Å². The van der Waals surface area contributed by atoms with Crippen molar-refractivity contribution in [2.45, 2.75) is 11.8 Å². The number of nitrogens with zero attached hydrogens (tertiary/aromatic N) is 3. The van der Waals surface area contributed by atoms with Gasteiger partial charge in [-0.1, -0.05) is 0 Å². The van der Waals surface area contributed by atoms with E-state index in [1.807, 2.05) is 0 Å². The lowest BCUT2D eigenvalue weighted by atomic mass is 10.0. The number of rotatable bonds is 4. The summed E-state index contributed by atoms with van der Waals surface area (Å²) in [4.78, 5) is 4.77. The molecule has 0 atom stereocenters. The van der Waals surface area contributed by atoms with E-state index in [2.05, 4.69) is 16.8 Å². The highest BCUT2D eigenvalue weighted by Gasteiger charge is 2.37. The standard InChI is InChI=1S/C16H24FN3O2S/c1-13-7-15(17)9-16(8-13)23(21,22)20-11-14(12-20)10-19-5-3-18(2)4-6-19/h7-9,14H,3-6,10-12H2,1-2H3. The summed E-state index contributed by atoms with van der Waals surface area (Å²) < 4.78 is 40.0. The van der Waals surface area contributed by atoms with E-state index in [0.29, 0.717) is 24.6 Å². The maximum absolute atomic E-state index is 13.5. The first kappa shape index (κ1) is 16.8. The third-order valence-electron chi connectivity index (χ3n) is 4.69. The summed E-state index contributed by atoms with van der Waals surface area (Å²) in [5.41, 5.74) is 0.623. The van der Waals surface area contributed by atoms with Crippen molar-refractivity contribution < 1.29 is 12.8 Å².